The second kappa shape index (κ2) is 10.2. The van der Waals surface area contributed by atoms with Crippen LogP contribution in [0.1, 0.15) is 28.8 Å². The van der Waals surface area contributed by atoms with E-state index in [0.717, 1.165) is 37.0 Å². The second-order valence-corrected chi connectivity index (χ2v) is 10.9. The largest absolute Gasteiger partial charge is 0.361 e. The van der Waals surface area contributed by atoms with Crippen molar-refractivity contribution in [1.29, 1.82) is 0 Å². The fraction of sp³-hybridized carbons (Fsp3) is 0.333. The first kappa shape index (κ1) is 24.7. The summed E-state index contributed by atoms with van der Waals surface area (Å²) in [4.78, 5) is 30.6. The van der Waals surface area contributed by atoms with Crippen molar-refractivity contribution >= 4 is 55.7 Å². The van der Waals surface area contributed by atoms with Crippen LogP contribution in [0.4, 0.5) is 4.39 Å². The predicted molar refractivity (Wildman–Crippen MR) is 143 cm³/mol. The molecule has 188 valence electrons. The van der Waals surface area contributed by atoms with Gasteiger partial charge in [0.1, 0.15) is 11.4 Å². The molecule has 1 fully saturated rings. The molecule has 0 saturated carbocycles. The third kappa shape index (κ3) is 4.98. The summed E-state index contributed by atoms with van der Waals surface area (Å²) in [7, 11) is 0. The van der Waals surface area contributed by atoms with Crippen LogP contribution in [0.15, 0.2) is 42.6 Å². The molecule has 2 aromatic carbocycles. The number of aromatic nitrogens is 1. The summed E-state index contributed by atoms with van der Waals surface area (Å²) in [5, 5.41) is 11.9. The Bertz CT molecular complexity index is 1440. The number of thiophene rings is 1. The van der Waals surface area contributed by atoms with Crippen molar-refractivity contribution in [2.24, 2.45) is 0 Å². The van der Waals surface area contributed by atoms with Crippen molar-refractivity contribution in [1.82, 2.24) is 20.9 Å². The first-order valence-corrected chi connectivity index (χ1v) is 13.3. The zero-order chi connectivity index (χ0) is 25.3. The number of nitrogens with one attached hydrogen (secondary N) is 4. The average molecular weight is 527 g/mol. The lowest BCUT2D eigenvalue weighted by Crippen LogP contribution is -2.63. The first-order valence-electron chi connectivity index (χ1n) is 12.1. The van der Waals surface area contributed by atoms with E-state index in [1.165, 1.54) is 12.1 Å². The molecule has 0 spiro atoms. The van der Waals surface area contributed by atoms with E-state index in [4.69, 9.17) is 11.6 Å². The maximum atomic E-state index is 13.7. The molecule has 3 heterocycles. The number of carbonyl (C=O) groups is 2. The van der Waals surface area contributed by atoms with Gasteiger partial charge in [0.05, 0.1) is 6.42 Å². The molecule has 0 bridgehead atoms. The Hall–Kier alpha value is -2.94. The number of hydrogen-bond donors (Lipinski definition) is 4. The molecule has 1 aliphatic heterocycles. The summed E-state index contributed by atoms with van der Waals surface area (Å²) in [6, 6.07) is 10.4. The third-order valence-corrected chi connectivity index (χ3v) is 8.51. The van der Waals surface area contributed by atoms with Crippen molar-refractivity contribution in [2.45, 2.75) is 38.1 Å². The molecule has 5 rings (SSSR count). The molecule has 4 aromatic rings. The van der Waals surface area contributed by atoms with Gasteiger partial charge in [-0.05, 0) is 92.2 Å². The highest BCUT2D eigenvalue weighted by atomic mass is 35.5. The monoisotopic (exact) mass is 526 g/mol. The van der Waals surface area contributed by atoms with Crippen LogP contribution >= 0.6 is 22.9 Å². The van der Waals surface area contributed by atoms with Crippen LogP contribution in [0.25, 0.3) is 21.0 Å². The van der Waals surface area contributed by atoms with Crippen LogP contribution in [0.3, 0.4) is 0 Å². The molecule has 1 aliphatic rings. The van der Waals surface area contributed by atoms with Crippen molar-refractivity contribution in [3.05, 3.63) is 69.4 Å². The number of fused-ring (bicyclic) bond motifs is 2. The highest BCUT2D eigenvalue weighted by Gasteiger charge is 2.40. The molecular weight excluding hydrogens is 499 g/mol. The minimum atomic E-state index is -0.956. The SMILES string of the molecule is Cc1c(CC(=O)NC2(C(=O)NCCc3c[nH]c4ccc(F)cc34)CCNCC2)sc2ccc(Cl)cc12. The van der Waals surface area contributed by atoms with Gasteiger partial charge in [-0.2, -0.15) is 0 Å². The maximum Gasteiger partial charge on any atom is 0.245 e. The molecule has 1 saturated heterocycles. The van der Waals surface area contributed by atoms with Crippen LogP contribution in [-0.4, -0.2) is 42.0 Å². The predicted octanol–water partition coefficient (Wildman–Crippen LogP) is 4.62. The zero-order valence-corrected chi connectivity index (χ0v) is 21.5. The van der Waals surface area contributed by atoms with Crippen LogP contribution < -0.4 is 16.0 Å². The number of piperidine rings is 1. The Morgan fingerprint density at radius 1 is 1.14 bits per heavy atom. The smallest absolute Gasteiger partial charge is 0.245 e. The summed E-state index contributed by atoms with van der Waals surface area (Å²) in [5.74, 6) is -0.635. The third-order valence-electron chi connectivity index (χ3n) is 7.00. The van der Waals surface area contributed by atoms with Gasteiger partial charge >= 0.3 is 0 Å². The summed E-state index contributed by atoms with van der Waals surface area (Å²) in [6.07, 6.45) is 3.65. The number of aryl methyl sites for hydroxylation is 1. The van der Waals surface area contributed by atoms with E-state index < -0.39 is 5.54 Å². The minimum Gasteiger partial charge on any atom is -0.361 e. The van der Waals surface area contributed by atoms with E-state index in [9.17, 15) is 14.0 Å². The number of aromatic amines is 1. The van der Waals surface area contributed by atoms with Crippen molar-refractivity contribution in [3.8, 4) is 0 Å². The van der Waals surface area contributed by atoms with E-state index in [-0.39, 0.29) is 24.1 Å². The second-order valence-electron chi connectivity index (χ2n) is 9.36. The number of halogens is 2. The fourth-order valence-electron chi connectivity index (χ4n) is 4.97. The Morgan fingerprint density at radius 3 is 2.75 bits per heavy atom. The van der Waals surface area contributed by atoms with E-state index in [2.05, 4.69) is 20.9 Å². The van der Waals surface area contributed by atoms with Crippen molar-refractivity contribution in [2.75, 3.05) is 19.6 Å². The van der Waals surface area contributed by atoms with Gasteiger partial charge in [0.15, 0.2) is 0 Å². The van der Waals surface area contributed by atoms with Crippen LogP contribution in [0, 0.1) is 12.7 Å². The van der Waals surface area contributed by atoms with Crippen molar-refractivity contribution < 1.29 is 14.0 Å². The number of amides is 2. The highest BCUT2D eigenvalue weighted by molar-refractivity contribution is 7.19. The lowest BCUT2D eigenvalue weighted by atomic mass is 9.86. The molecule has 4 N–H and O–H groups in total. The topological polar surface area (TPSA) is 86.0 Å². The maximum absolute atomic E-state index is 13.7. The molecule has 0 aliphatic carbocycles. The molecule has 0 radical (unpaired) electrons. The fourth-order valence-corrected chi connectivity index (χ4v) is 6.33. The van der Waals surface area contributed by atoms with Gasteiger partial charge in [0, 0.05) is 38.2 Å². The zero-order valence-electron chi connectivity index (χ0n) is 20.0. The van der Waals surface area contributed by atoms with E-state index in [1.807, 2.05) is 31.3 Å². The van der Waals surface area contributed by atoms with Gasteiger partial charge in [0.2, 0.25) is 11.8 Å². The molecule has 0 unspecified atom stereocenters. The average Bonchev–Trinajstić information content (AvgIpc) is 3.39. The van der Waals surface area contributed by atoms with Gasteiger partial charge < -0.3 is 20.9 Å². The molecule has 0 atom stereocenters. The van der Waals surface area contributed by atoms with E-state index >= 15 is 0 Å². The molecule has 36 heavy (non-hydrogen) atoms. The van der Waals surface area contributed by atoms with E-state index in [1.54, 1.807) is 17.4 Å². The number of carbonyl (C=O) groups excluding carboxylic acids is 2. The number of hydrogen-bond acceptors (Lipinski definition) is 4. The van der Waals surface area contributed by atoms with Crippen molar-refractivity contribution in [3.63, 3.8) is 0 Å². The van der Waals surface area contributed by atoms with Gasteiger partial charge in [-0.25, -0.2) is 4.39 Å². The quantitative estimate of drug-likeness (QED) is 0.283. The van der Waals surface area contributed by atoms with Crippen LogP contribution in [-0.2, 0) is 22.4 Å². The Kier molecular flexibility index (Phi) is 7.01. The lowest BCUT2D eigenvalue weighted by Gasteiger charge is -2.37. The van der Waals surface area contributed by atoms with Crippen LogP contribution in [0.5, 0.6) is 0 Å². The standard InChI is InChI=1S/C27H28ClFN4O2S/c1-16-20-12-18(28)2-5-23(20)36-24(16)14-25(34)33-27(7-10-30-11-8-27)26(35)31-9-6-17-15-32-22-4-3-19(29)13-21(17)22/h2-5,12-13,15,30,32H,6-11,14H2,1H3,(H,31,35)(H,33,34). The molecule has 2 amide bonds. The Morgan fingerprint density at radius 2 is 1.94 bits per heavy atom. The molecule has 2 aromatic heterocycles. The first-order chi connectivity index (χ1) is 17.3. The summed E-state index contributed by atoms with van der Waals surface area (Å²) in [6.45, 7) is 3.69. The lowest BCUT2D eigenvalue weighted by molar-refractivity contribution is -0.134. The molecule has 9 heteroatoms. The van der Waals surface area contributed by atoms with Gasteiger partial charge in [-0.15, -0.1) is 11.3 Å². The van der Waals surface area contributed by atoms with Crippen LogP contribution in [0.2, 0.25) is 5.02 Å². The number of H-pyrrole nitrogens is 1. The summed E-state index contributed by atoms with van der Waals surface area (Å²) >= 11 is 7.74. The Balaban J connectivity index is 1.26. The summed E-state index contributed by atoms with van der Waals surface area (Å²) in [5.41, 5.74) is 1.89. The highest BCUT2D eigenvalue weighted by Crippen LogP contribution is 2.33. The van der Waals surface area contributed by atoms with Gasteiger partial charge in [0.25, 0.3) is 0 Å². The Labute approximate surface area is 217 Å². The summed E-state index contributed by atoms with van der Waals surface area (Å²) < 4.78 is 14.8. The van der Waals surface area contributed by atoms with E-state index in [0.29, 0.717) is 43.9 Å². The molecule has 6 nitrogen and oxygen atoms in total. The molecular formula is C27H28ClFN4O2S. The van der Waals surface area contributed by atoms with Gasteiger partial charge in [-0.1, -0.05) is 11.6 Å². The number of rotatable bonds is 7. The van der Waals surface area contributed by atoms with Gasteiger partial charge in [-0.3, -0.25) is 9.59 Å². The normalized spacial score (nSPS) is 15.3. The minimum absolute atomic E-state index is 0.167. The number of benzene rings is 2.